The molecule has 0 spiro atoms. The van der Waals surface area contributed by atoms with E-state index < -0.39 is 0 Å². The number of nitrogens with one attached hydrogen (secondary N) is 1. The largest absolute Gasteiger partial charge is 0.390 e. The molecule has 1 atom stereocenters. The minimum Gasteiger partial charge on any atom is -0.390 e. The van der Waals surface area contributed by atoms with E-state index >= 15 is 0 Å². The first-order valence-corrected chi connectivity index (χ1v) is 6.08. The summed E-state index contributed by atoms with van der Waals surface area (Å²) in [6.07, 6.45) is -0.309. The normalized spacial score (nSPS) is 13.1. The van der Waals surface area contributed by atoms with Crippen LogP contribution in [0.15, 0.2) is 18.2 Å². The van der Waals surface area contributed by atoms with Gasteiger partial charge in [0.25, 0.3) is 0 Å². The van der Waals surface area contributed by atoms with Gasteiger partial charge in [-0.15, -0.1) is 0 Å². The van der Waals surface area contributed by atoms with Gasteiger partial charge in [-0.05, 0) is 39.1 Å². The SMILES string of the molecule is Cc1ccc(CNC[C@H](O)CN(C)C)c(C)c1. The topological polar surface area (TPSA) is 35.5 Å². The lowest BCUT2D eigenvalue weighted by Crippen LogP contribution is -2.34. The van der Waals surface area contributed by atoms with Crippen molar-refractivity contribution in [3.63, 3.8) is 0 Å². The second-order valence-corrected chi connectivity index (χ2v) is 4.98. The summed E-state index contributed by atoms with van der Waals surface area (Å²) in [4.78, 5) is 1.99. The number of benzene rings is 1. The van der Waals surface area contributed by atoms with Crippen molar-refractivity contribution in [1.82, 2.24) is 10.2 Å². The monoisotopic (exact) mass is 236 g/mol. The van der Waals surface area contributed by atoms with Crippen molar-refractivity contribution < 1.29 is 5.11 Å². The maximum atomic E-state index is 9.71. The van der Waals surface area contributed by atoms with Gasteiger partial charge in [-0.1, -0.05) is 23.8 Å². The van der Waals surface area contributed by atoms with Crippen LogP contribution in [0.3, 0.4) is 0 Å². The molecule has 2 N–H and O–H groups in total. The first kappa shape index (κ1) is 14.2. The highest BCUT2D eigenvalue weighted by Crippen LogP contribution is 2.09. The van der Waals surface area contributed by atoms with Crippen LogP contribution in [0.1, 0.15) is 16.7 Å². The fourth-order valence-corrected chi connectivity index (χ4v) is 1.90. The molecule has 0 heterocycles. The van der Waals surface area contributed by atoms with E-state index in [-0.39, 0.29) is 6.10 Å². The molecule has 96 valence electrons. The van der Waals surface area contributed by atoms with Crippen molar-refractivity contribution in [2.75, 3.05) is 27.2 Å². The minimum absolute atomic E-state index is 0.309. The fourth-order valence-electron chi connectivity index (χ4n) is 1.90. The Morgan fingerprint density at radius 3 is 2.59 bits per heavy atom. The minimum atomic E-state index is -0.309. The van der Waals surface area contributed by atoms with Crippen molar-refractivity contribution in [2.45, 2.75) is 26.5 Å². The van der Waals surface area contributed by atoms with E-state index in [9.17, 15) is 5.11 Å². The highest BCUT2D eigenvalue weighted by molar-refractivity contribution is 5.30. The number of aliphatic hydroxyl groups is 1. The first-order chi connectivity index (χ1) is 7.99. The Labute approximate surface area is 104 Å². The maximum absolute atomic E-state index is 9.71. The Morgan fingerprint density at radius 1 is 1.29 bits per heavy atom. The number of aryl methyl sites for hydroxylation is 2. The Hall–Kier alpha value is -0.900. The summed E-state index contributed by atoms with van der Waals surface area (Å²) in [7, 11) is 3.93. The average molecular weight is 236 g/mol. The number of nitrogens with zero attached hydrogens (tertiary/aromatic N) is 1. The summed E-state index contributed by atoms with van der Waals surface area (Å²) in [5.41, 5.74) is 3.89. The number of aliphatic hydroxyl groups excluding tert-OH is 1. The van der Waals surface area contributed by atoms with E-state index in [1.165, 1.54) is 16.7 Å². The van der Waals surface area contributed by atoms with E-state index in [1.807, 2.05) is 19.0 Å². The quantitative estimate of drug-likeness (QED) is 0.782. The molecule has 0 unspecified atom stereocenters. The van der Waals surface area contributed by atoms with E-state index in [0.29, 0.717) is 13.1 Å². The molecular weight excluding hydrogens is 212 g/mol. The molecule has 0 saturated heterocycles. The van der Waals surface area contributed by atoms with Crippen LogP contribution in [0, 0.1) is 13.8 Å². The van der Waals surface area contributed by atoms with Crippen molar-refractivity contribution >= 4 is 0 Å². The molecule has 0 radical (unpaired) electrons. The van der Waals surface area contributed by atoms with Crippen molar-refractivity contribution in [2.24, 2.45) is 0 Å². The number of hydrogen-bond acceptors (Lipinski definition) is 3. The Bertz CT molecular complexity index is 350. The molecule has 0 aliphatic heterocycles. The van der Waals surface area contributed by atoms with Gasteiger partial charge in [-0.2, -0.15) is 0 Å². The molecule has 0 saturated carbocycles. The molecule has 1 aromatic carbocycles. The smallest absolute Gasteiger partial charge is 0.0791 e. The molecule has 0 amide bonds. The Morgan fingerprint density at radius 2 is 2.00 bits per heavy atom. The van der Waals surface area contributed by atoms with E-state index in [1.54, 1.807) is 0 Å². The van der Waals surface area contributed by atoms with Gasteiger partial charge >= 0.3 is 0 Å². The maximum Gasteiger partial charge on any atom is 0.0791 e. The lowest BCUT2D eigenvalue weighted by Gasteiger charge is -2.17. The van der Waals surface area contributed by atoms with Gasteiger partial charge in [-0.25, -0.2) is 0 Å². The zero-order valence-electron chi connectivity index (χ0n) is 11.3. The van der Waals surface area contributed by atoms with E-state index in [4.69, 9.17) is 0 Å². The van der Waals surface area contributed by atoms with Crippen LogP contribution >= 0.6 is 0 Å². The van der Waals surface area contributed by atoms with E-state index in [2.05, 4.69) is 37.4 Å². The number of hydrogen-bond donors (Lipinski definition) is 2. The molecule has 0 bridgehead atoms. The van der Waals surface area contributed by atoms with Crippen molar-refractivity contribution in [1.29, 1.82) is 0 Å². The highest BCUT2D eigenvalue weighted by Gasteiger charge is 2.05. The third kappa shape index (κ3) is 5.31. The van der Waals surface area contributed by atoms with Crippen LogP contribution in [0.5, 0.6) is 0 Å². The molecule has 0 aliphatic rings. The molecule has 0 aromatic heterocycles. The van der Waals surface area contributed by atoms with Crippen LogP contribution in [0.25, 0.3) is 0 Å². The standard InChI is InChI=1S/C14H24N2O/c1-11-5-6-13(12(2)7-11)8-15-9-14(17)10-16(3)4/h5-7,14-15,17H,8-10H2,1-4H3/t14-/m0/s1. The van der Waals surface area contributed by atoms with E-state index in [0.717, 1.165) is 6.54 Å². The van der Waals surface area contributed by atoms with Gasteiger partial charge in [0.15, 0.2) is 0 Å². The van der Waals surface area contributed by atoms with Crippen LogP contribution in [0.2, 0.25) is 0 Å². The van der Waals surface area contributed by atoms with Crippen LogP contribution in [-0.4, -0.2) is 43.3 Å². The second-order valence-electron chi connectivity index (χ2n) is 4.98. The third-order valence-electron chi connectivity index (χ3n) is 2.77. The van der Waals surface area contributed by atoms with Gasteiger partial charge in [0, 0.05) is 19.6 Å². The van der Waals surface area contributed by atoms with Crippen molar-refractivity contribution in [3.8, 4) is 0 Å². The summed E-state index contributed by atoms with van der Waals surface area (Å²) >= 11 is 0. The third-order valence-corrected chi connectivity index (χ3v) is 2.77. The Kier molecular flexibility index (Phi) is 5.62. The summed E-state index contributed by atoms with van der Waals surface area (Å²) in [5.74, 6) is 0. The summed E-state index contributed by atoms with van der Waals surface area (Å²) in [6, 6.07) is 6.46. The molecule has 3 heteroatoms. The molecule has 1 rings (SSSR count). The van der Waals surface area contributed by atoms with Gasteiger partial charge in [0.2, 0.25) is 0 Å². The van der Waals surface area contributed by atoms with Gasteiger partial charge in [-0.3, -0.25) is 0 Å². The van der Waals surface area contributed by atoms with Crippen LogP contribution in [0.4, 0.5) is 0 Å². The van der Waals surface area contributed by atoms with Gasteiger partial charge in [0.1, 0.15) is 0 Å². The zero-order valence-corrected chi connectivity index (χ0v) is 11.3. The second kappa shape index (κ2) is 6.74. The number of likely N-dealkylation sites (N-methyl/N-ethyl adjacent to an activating group) is 1. The molecule has 0 fully saturated rings. The lowest BCUT2D eigenvalue weighted by molar-refractivity contribution is 0.134. The van der Waals surface area contributed by atoms with Crippen LogP contribution in [-0.2, 0) is 6.54 Å². The number of rotatable bonds is 6. The predicted molar refractivity (Wildman–Crippen MR) is 72.2 cm³/mol. The molecule has 0 aliphatic carbocycles. The van der Waals surface area contributed by atoms with Gasteiger partial charge < -0.3 is 15.3 Å². The fraction of sp³-hybridized carbons (Fsp3) is 0.571. The van der Waals surface area contributed by atoms with Crippen molar-refractivity contribution in [3.05, 3.63) is 34.9 Å². The first-order valence-electron chi connectivity index (χ1n) is 6.08. The Balaban J connectivity index is 2.35. The summed E-state index contributed by atoms with van der Waals surface area (Å²) in [5, 5.41) is 13.0. The summed E-state index contributed by atoms with van der Waals surface area (Å²) in [6.45, 7) is 6.37. The average Bonchev–Trinajstić information content (AvgIpc) is 2.20. The van der Waals surface area contributed by atoms with Crippen LogP contribution < -0.4 is 5.32 Å². The van der Waals surface area contributed by atoms with Gasteiger partial charge in [0.05, 0.1) is 6.10 Å². The molecule has 17 heavy (non-hydrogen) atoms. The lowest BCUT2D eigenvalue weighted by atomic mass is 10.1. The highest BCUT2D eigenvalue weighted by atomic mass is 16.3. The molecule has 3 nitrogen and oxygen atoms in total. The molecular formula is C14H24N2O. The summed E-state index contributed by atoms with van der Waals surface area (Å²) < 4.78 is 0. The zero-order chi connectivity index (χ0) is 12.8. The molecule has 1 aromatic rings. The predicted octanol–water partition coefficient (Wildman–Crippen LogP) is 1.32.